The average Bonchev–Trinajstić information content (AvgIpc) is 2.32. The van der Waals surface area contributed by atoms with Crippen molar-refractivity contribution < 1.29 is 4.39 Å². The van der Waals surface area contributed by atoms with E-state index in [9.17, 15) is 4.39 Å². The SMILES string of the molecule is Cc1ccc(F)c(-c2cc(C)ccc2C#N)c1. The van der Waals surface area contributed by atoms with Crippen LogP contribution in [0.5, 0.6) is 0 Å². The highest BCUT2D eigenvalue weighted by molar-refractivity contribution is 5.72. The van der Waals surface area contributed by atoms with E-state index >= 15 is 0 Å². The van der Waals surface area contributed by atoms with Crippen LogP contribution >= 0.6 is 0 Å². The summed E-state index contributed by atoms with van der Waals surface area (Å²) >= 11 is 0. The summed E-state index contributed by atoms with van der Waals surface area (Å²) < 4.78 is 13.8. The molecule has 2 rings (SSSR count). The van der Waals surface area contributed by atoms with Gasteiger partial charge in [0.25, 0.3) is 0 Å². The molecule has 0 bridgehead atoms. The molecule has 0 aromatic heterocycles. The van der Waals surface area contributed by atoms with Gasteiger partial charge >= 0.3 is 0 Å². The zero-order valence-corrected chi connectivity index (χ0v) is 9.79. The van der Waals surface area contributed by atoms with Crippen molar-refractivity contribution in [3.05, 3.63) is 58.9 Å². The van der Waals surface area contributed by atoms with Crippen molar-refractivity contribution in [3.63, 3.8) is 0 Å². The van der Waals surface area contributed by atoms with E-state index < -0.39 is 0 Å². The largest absolute Gasteiger partial charge is 0.206 e. The van der Waals surface area contributed by atoms with Crippen molar-refractivity contribution in [2.45, 2.75) is 13.8 Å². The average molecular weight is 225 g/mol. The topological polar surface area (TPSA) is 23.8 Å². The zero-order valence-electron chi connectivity index (χ0n) is 9.79. The minimum Gasteiger partial charge on any atom is -0.206 e. The Morgan fingerprint density at radius 2 is 1.53 bits per heavy atom. The van der Waals surface area contributed by atoms with Gasteiger partial charge in [0.15, 0.2) is 0 Å². The molecule has 0 aliphatic heterocycles. The Hall–Kier alpha value is -2.14. The van der Waals surface area contributed by atoms with Crippen LogP contribution in [-0.2, 0) is 0 Å². The lowest BCUT2D eigenvalue weighted by molar-refractivity contribution is 0.631. The van der Waals surface area contributed by atoms with Crippen molar-refractivity contribution in [2.75, 3.05) is 0 Å². The first-order valence-electron chi connectivity index (χ1n) is 5.39. The maximum atomic E-state index is 13.8. The van der Waals surface area contributed by atoms with Crippen LogP contribution in [0.3, 0.4) is 0 Å². The second kappa shape index (κ2) is 4.39. The Labute approximate surface area is 100 Å². The summed E-state index contributed by atoms with van der Waals surface area (Å²) in [6.07, 6.45) is 0. The number of hydrogen-bond donors (Lipinski definition) is 0. The molecular weight excluding hydrogens is 213 g/mol. The Morgan fingerprint density at radius 3 is 2.18 bits per heavy atom. The van der Waals surface area contributed by atoms with Gasteiger partial charge in [-0.1, -0.05) is 29.3 Å². The molecule has 0 radical (unpaired) electrons. The third-order valence-electron chi connectivity index (χ3n) is 2.71. The Balaban J connectivity index is 2.72. The van der Waals surface area contributed by atoms with Crippen LogP contribution in [-0.4, -0.2) is 0 Å². The van der Waals surface area contributed by atoms with Gasteiger partial charge in [-0.2, -0.15) is 5.26 Å². The second-order valence-corrected chi connectivity index (χ2v) is 4.14. The highest BCUT2D eigenvalue weighted by Gasteiger charge is 2.10. The molecule has 2 aromatic rings. The van der Waals surface area contributed by atoms with Crippen LogP contribution in [0.25, 0.3) is 11.1 Å². The summed E-state index contributed by atoms with van der Waals surface area (Å²) in [6.45, 7) is 3.84. The number of nitrogens with zero attached hydrogens (tertiary/aromatic N) is 1. The maximum absolute atomic E-state index is 13.8. The highest BCUT2D eigenvalue weighted by atomic mass is 19.1. The normalized spacial score (nSPS) is 10.0. The van der Waals surface area contributed by atoms with Gasteiger partial charge < -0.3 is 0 Å². The predicted octanol–water partition coefficient (Wildman–Crippen LogP) is 3.98. The fourth-order valence-corrected chi connectivity index (χ4v) is 1.82. The Morgan fingerprint density at radius 1 is 0.941 bits per heavy atom. The van der Waals surface area contributed by atoms with Crippen LogP contribution in [0.1, 0.15) is 16.7 Å². The van der Waals surface area contributed by atoms with Crippen molar-refractivity contribution >= 4 is 0 Å². The van der Waals surface area contributed by atoms with Gasteiger partial charge in [0.05, 0.1) is 11.6 Å². The molecule has 84 valence electrons. The van der Waals surface area contributed by atoms with Crippen LogP contribution in [0.15, 0.2) is 36.4 Å². The smallest absolute Gasteiger partial charge is 0.131 e. The summed E-state index contributed by atoms with van der Waals surface area (Å²) in [5.74, 6) is -0.294. The van der Waals surface area contributed by atoms with Gasteiger partial charge in [0.2, 0.25) is 0 Å². The van der Waals surface area contributed by atoms with Crippen molar-refractivity contribution in [3.8, 4) is 17.2 Å². The fourth-order valence-electron chi connectivity index (χ4n) is 1.82. The monoisotopic (exact) mass is 225 g/mol. The summed E-state index contributed by atoms with van der Waals surface area (Å²) in [6, 6.07) is 12.5. The first-order valence-corrected chi connectivity index (χ1v) is 5.39. The molecule has 0 aliphatic rings. The van der Waals surface area contributed by atoms with E-state index in [-0.39, 0.29) is 5.82 Å². The van der Waals surface area contributed by atoms with E-state index in [1.165, 1.54) is 6.07 Å². The van der Waals surface area contributed by atoms with E-state index in [1.807, 2.05) is 26.0 Å². The lowest BCUT2D eigenvalue weighted by Crippen LogP contribution is -1.90. The molecule has 0 atom stereocenters. The van der Waals surface area contributed by atoms with Crippen molar-refractivity contribution in [1.82, 2.24) is 0 Å². The third kappa shape index (κ3) is 2.19. The third-order valence-corrected chi connectivity index (χ3v) is 2.71. The summed E-state index contributed by atoms with van der Waals surface area (Å²) in [5.41, 5.74) is 3.64. The molecule has 0 heterocycles. The highest BCUT2D eigenvalue weighted by Crippen LogP contribution is 2.27. The maximum Gasteiger partial charge on any atom is 0.131 e. The van der Waals surface area contributed by atoms with Crippen LogP contribution < -0.4 is 0 Å². The molecule has 0 aliphatic carbocycles. The Bertz CT molecular complexity index is 609. The van der Waals surface area contributed by atoms with E-state index in [4.69, 9.17) is 5.26 Å². The molecule has 2 heteroatoms. The summed E-state index contributed by atoms with van der Waals surface area (Å²) in [4.78, 5) is 0. The summed E-state index contributed by atoms with van der Waals surface area (Å²) in [7, 11) is 0. The first kappa shape index (κ1) is 11.3. The molecule has 0 saturated carbocycles. The van der Waals surface area contributed by atoms with E-state index in [2.05, 4.69) is 6.07 Å². The molecule has 0 spiro atoms. The number of aryl methyl sites for hydroxylation is 2. The lowest BCUT2D eigenvalue weighted by atomic mass is 9.96. The molecule has 0 N–H and O–H groups in total. The van der Waals surface area contributed by atoms with Crippen molar-refractivity contribution in [2.24, 2.45) is 0 Å². The fraction of sp³-hybridized carbons (Fsp3) is 0.133. The van der Waals surface area contributed by atoms with Gasteiger partial charge in [0.1, 0.15) is 5.82 Å². The number of hydrogen-bond acceptors (Lipinski definition) is 1. The Kier molecular flexibility index (Phi) is 2.93. The molecule has 0 saturated heterocycles. The van der Waals surface area contributed by atoms with E-state index in [0.29, 0.717) is 16.7 Å². The second-order valence-electron chi connectivity index (χ2n) is 4.14. The van der Waals surface area contributed by atoms with Crippen LogP contribution in [0.4, 0.5) is 4.39 Å². The molecule has 0 fully saturated rings. The molecule has 17 heavy (non-hydrogen) atoms. The van der Waals surface area contributed by atoms with Gasteiger partial charge in [-0.15, -0.1) is 0 Å². The quantitative estimate of drug-likeness (QED) is 0.720. The number of nitriles is 1. The molecule has 0 unspecified atom stereocenters. The number of benzene rings is 2. The van der Waals surface area contributed by atoms with E-state index in [0.717, 1.165) is 11.1 Å². The van der Waals surface area contributed by atoms with Gasteiger partial charge in [-0.05, 0) is 32.0 Å². The minimum atomic E-state index is -0.294. The number of halogens is 1. The standard InChI is InChI=1S/C15H12FN/c1-10-3-5-12(9-17)13(7-10)14-8-11(2)4-6-15(14)16/h3-8H,1-2H3. The van der Waals surface area contributed by atoms with Gasteiger partial charge in [-0.3, -0.25) is 0 Å². The first-order chi connectivity index (χ1) is 8.11. The van der Waals surface area contributed by atoms with Crippen LogP contribution in [0, 0.1) is 31.0 Å². The molecular formula is C15H12FN. The minimum absolute atomic E-state index is 0.294. The molecule has 1 nitrogen and oxygen atoms in total. The van der Waals surface area contributed by atoms with Gasteiger partial charge in [0, 0.05) is 11.1 Å². The van der Waals surface area contributed by atoms with Gasteiger partial charge in [-0.25, -0.2) is 4.39 Å². The summed E-state index contributed by atoms with van der Waals surface area (Å²) in [5, 5.41) is 9.06. The zero-order chi connectivity index (χ0) is 12.4. The van der Waals surface area contributed by atoms with Crippen LogP contribution in [0.2, 0.25) is 0 Å². The van der Waals surface area contributed by atoms with E-state index in [1.54, 1.807) is 18.2 Å². The molecule has 0 amide bonds. The predicted molar refractivity (Wildman–Crippen MR) is 66.0 cm³/mol. The number of rotatable bonds is 1. The lowest BCUT2D eigenvalue weighted by Gasteiger charge is -2.08. The molecule has 2 aromatic carbocycles. The van der Waals surface area contributed by atoms with Crippen molar-refractivity contribution in [1.29, 1.82) is 5.26 Å².